The number of hydrazine groups is 1. The molecule has 1 heterocycles. The lowest BCUT2D eigenvalue weighted by molar-refractivity contribution is 0.0823. The van der Waals surface area contributed by atoms with E-state index in [0.29, 0.717) is 5.56 Å². The maximum Gasteiger partial charge on any atom is 0.269 e. The molecule has 4 heteroatoms. The summed E-state index contributed by atoms with van der Waals surface area (Å²) < 4.78 is 0. The molecule has 1 fully saturated rings. The summed E-state index contributed by atoms with van der Waals surface area (Å²) in [7, 11) is 0. The van der Waals surface area contributed by atoms with E-state index in [0.717, 1.165) is 25.9 Å². The van der Waals surface area contributed by atoms with Crippen molar-refractivity contribution in [2.75, 3.05) is 13.1 Å². The lowest BCUT2D eigenvalue weighted by Gasteiger charge is -2.16. The molecule has 0 radical (unpaired) electrons. The van der Waals surface area contributed by atoms with Crippen LogP contribution in [0, 0.1) is 0 Å². The summed E-state index contributed by atoms with van der Waals surface area (Å²) in [4.78, 5) is 11.7. The van der Waals surface area contributed by atoms with Crippen LogP contribution in [0.2, 0.25) is 0 Å². The van der Waals surface area contributed by atoms with Crippen LogP contribution in [0.15, 0.2) is 24.3 Å². The molecular formula is C11H14N2O2. The second-order valence-corrected chi connectivity index (χ2v) is 3.65. The van der Waals surface area contributed by atoms with E-state index in [9.17, 15) is 9.90 Å². The molecule has 1 saturated heterocycles. The lowest BCUT2D eigenvalue weighted by Crippen LogP contribution is -2.39. The van der Waals surface area contributed by atoms with Gasteiger partial charge in [-0.15, -0.1) is 0 Å². The Hall–Kier alpha value is -1.55. The third-order valence-electron chi connectivity index (χ3n) is 2.51. The Balaban J connectivity index is 2.04. The summed E-state index contributed by atoms with van der Waals surface area (Å²) in [5, 5.41) is 11.4. The number of aromatic hydroxyl groups is 1. The van der Waals surface area contributed by atoms with Gasteiger partial charge in [0.1, 0.15) is 5.75 Å². The van der Waals surface area contributed by atoms with Gasteiger partial charge >= 0.3 is 0 Å². The van der Waals surface area contributed by atoms with Crippen LogP contribution < -0.4 is 5.43 Å². The van der Waals surface area contributed by atoms with Gasteiger partial charge in [0.05, 0.1) is 5.56 Å². The molecule has 0 atom stereocenters. The number of carbonyl (C=O) groups is 1. The smallest absolute Gasteiger partial charge is 0.269 e. The van der Waals surface area contributed by atoms with Gasteiger partial charge in [0, 0.05) is 13.1 Å². The highest BCUT2D eigenvalue weighted by molar-refractivity contribution is 5.96. The van der Waals surface area contributed by atoms with E-state index in [1.807, 2.05) is 5.01 Å². The number of rotatable bonds is 2. The first-order chi connectivity index (χ1) is 7.27. The zero-order chi connectivity index (χ0) is 10.7. The van der Waals surface area contributed by atoms with E-state index < -0.39 is 0 Å². The number of nitrogens with one attached hydrogen (secondary N) is 1. The largest absolute Gasteiger partial charge is 0.507 e. The highest BCUT2D eigenvalue weighted by Gasteiger charge is 2.16. The fourth-order valence-corrected chi connectivity index (χ4v) is 1.70. The molecular weight excluding hydrogens is 192 g/mol. The molecule has 2 N–H and O–H groups in total. The molecule has 1 aromatic carbocycles. The van der Waals surface area contributed by atoms with Gasteiger partial charge in [-0.05, 0) is 25.0 Å². The van der Waals surface area contributed by atoms with E-state index in [2.05, 4.69) is 5.43 Å². The molecule has 1 amide bonds. The maximum absolute atomic E-state index is 11.7. The second kappa shape index (κ2) is 4.31. The minimum absolute atomic E-state index is 0.0224. The number of hydrogen-bond donors (Lipinski definition) is 2. The molecule has 0 aromatic heterocycles. The summed E-state index contributed by atoms with van der Waals surface area (Å²) in [5.41, 5.74) is 3.09. The van der Waals surface area contributed by atoms with Crippen LogP contribution in [-0.2, 0) is 0 Å². The van der Waals surface area contributed by atoms with E-state index in [-0.39, 0.29) is 11.7 Å². The molecule has 4 nitrogen and oxygen atoms in total. The minimum atomic E-state index is -0.241. The lowest BCUT2D eigenvalue weighted by atomic mass is 10.2. The quantitative estimate of drug-likeness (QED) is 0.762. The number of phenolic OH excluding ortho intramolecular Hbond substituents is 1. The van der Waals surface area contributed by atoms with E-state index >= 15 is 0 Å². The molecule has 0 unspecified atom stereocenters. The van der Waals surface area contributed by atoms with Gasteiger partial charge in [-0.25, -0.2) is 5.01 Å². The molecule has 1 aromatic rings. The molecule has 0 bridgehead atoms. The van der Waals surface area contributed by atoms with E-state index in [1.54, 1.807) is 18.2 Å². The van der Waals surface area contributed by atoms with Crippen LogP contribution in [0.1, 0.15) is 23.2 Å². The molecule has 2 rings (SSSR count). The summed E-state index contributed by atoms with van der Waals surface area (Å²) in [6.45, 7) is 1.78. The third-order valence-corrected chi connectivity index (χ3v) is 2.51. The molecule has 1 aliphatic rings. The number of para-hydroxylation sites is 1. The Bertz CT molecular complexity index is 359. The summed E-state index contributed by atoms with van der Waals surface area (Å²) >= 11 is 0. The highest BCUT2D eigenvalue weighted by atomic mass is 16.3. The fourth-order valence-electron chi connectivity index (χ4n) is 1.70. The molecule has 15 heavy (non-hydrogen) atoms. The minimum Gasteiger partial charge on any atom is -0.507 e. The summed E-state index contributed by atoms with van der Waals surface area (Å²) in [5.74, 6) is -0.218. The Morgan fingerprint density at radius 2 is 1.93 bits per heavy atom. The normalized spacial score (nSPS) is 16.5. The predicted molar refractivity (Wildman–Crippen MR) is 56.4 cm³/mol. The zero-order valence-corrected chi connectivity index (χ0v) is 8.44. The van der Waals surface area contributed by atoms with Gasteiger partial charge in [-0.2, -0.15) is 0 Å². The molecule has 80 valence electrons. The number of nitrogens with zero attached hydrogens (tertiary/aromatic N) is 1. The van der Waals surface area contributed by atoms with Crippen molar-refractivity contribution in [3.63, 3.8) is 0 Å². The third kappa shape index (κ3) is 2.27. The van der Waals surface area contributed by atoms with Crippen LogP contribution in [0.3, 0.4) is 0 Å². The van der Waals surface area contributed by atoms with Gasteiger partial charge in [0.15, 0.2) is 0 Å². The molecule has 1 aliphatic heterocycles. The van der Waals surface area contributed by atoms with Crippen molar-refractivity contribution in [2.24, 2.45) is 0 Å². The Morgan fingerprint density at radius 3 is 2.60 bits per heavy atom. The van der Waals surface area contributed by atoms with Crippen molar-refractivity contribution in [1.29, 1.82) is 0 Å². The van der Waals surface area contributed by atoms with E-state index in [1.165, 1.54) is 6.07 Å². The Morgan fingerprint density at radius 1 is 1.27 bits per heavy atom. The number of phenols is 1. The van der Waals surface area contributed by atoms with Gasteiger partial charge < -0.3 is 5.11 Å². The average Bonchev–Trinajstić information content (AvgIpc) is 2.71. The number of benzene rings is 1. The topological polar surface area (TPSA) is 52.6 Å². The number of carbonyl (C=O) groups excluding carboxylic acids is 1. The van der Waals surface area contributed by atoms with Gasteiger partial charge in [-0.3, -0.25) is 10.2 Å². The zero-order valence-electron chi connectivity index (χ0n) is 8.44. The van der Waals surface area contributed by atoms with Gasteiger partial charge in [0.2, 0.25) is 0 Å². The van der Waals surface area contributed by atoms with Crippen molar-refractivity contribution < 1.29 is 9.90 Å². The maximum atomic E-state index is 11.7. The molecule has 0 saturated carbocycles. The first-order valence-corrected chi connectivity index (χ1v) is 5.11. The fraction of sp³-hybridized carbons (Fsp3) is 0.364. The SMILES string of the molecule is O=C(NN1CCCC1)c1ccccc1O. The van der Waals surface area contributed by atoms with Crippen LogP contribution in [0.4, 0.5) is 0 Å². The summed E-state index contributed by atoms with van der Waals surface area (Å²) in [6, 6.07) is 6.56. The van der Waals surface area contributed by atoms with E-state index in [4.69, 9.17) is 0 Å². The average molecular weight is 206 g/mol. The Kier molecular flexibility index (Phi) is 2.87. The first-order valence-electron chi connectivity index (χ1n) is 5.11. The van der Waals surface area contributed by atoms with Crippen LogP contribution >= 0.6 is 0 Å². The van der Waals surface area contributed by atoms with Crippen molar-refractivity contribution in [3.8, 4) is 5.75 Å². The second-order valence-electron chi connectivity index (χ2n) is 3.65. The standard InChI is InChI=1S/C11H14N2O2/c14-10-6-2-1-5-9(10)11(15)12-13-7-3-4-8-13/h1-2,5-6,14H,3-4,7-8H2,(H,12,15). The van der Waals surface area contributed by atoms with Crippen LogP contribution in [0.5, 0.6) is 5.75 Å². The monoisotopic (exact) mass is 206 g/mol. The van der Waals surface area contributed by atoms with Crippen LogP contribution in [0.25, 0.3) is 0 Å². The van der Waals surface area contributed by atoms with Crippen molar-refractivity contribution >= 4 is 5.91 Å². The first kappa shape index (κ1) is 9.98. The summed E-state index contributed by atoms with van der Waals surface area (Å²) in [6.07, 6.45) is 2.22. The predicted octanol–water partition coefficient (Wildman–Crippen LogP) is 1.13. The molecule has 0 aliphatic carbocycles. The van der Waals surface area contributed by atoms with Crippen molar-refractivity contribution in [1.82, 2.24) is 10.4 Å². The van der Waals surface area contributed by atoms with Crippen LogP contribution in [-0.4, -0.2) is 29.1 Å². The Labute approximate surface area is 88.5 Å². The van der Waals surface area contributed by atoms with Crippen molar-refractivity contribution in [3.05, 3.63) is 29.8 Å². The highest BCUT2D eigenvalue weighted by Crippen LogP contribution is 2.15. The van der Waals surface area contributed by atoms with Crippen molar-refractivity contribution in [2.45, 2.75) is 12.8 Å². The molecule has 0 spiro atoms. The number of amides is 1. The van der Waals surface area contributed by atoms with Gasteiger partial charge in [0.25, 0.3) is 5.91 Å². The van der Waals surface area contributed by atoms with Gasteiger partial charge in [-0.1, -0.05) is 12.1 Å². The number of hydrogen-bond acceptors (Lipinski definition) is 3.